The average molecular weight is 232 g/mol. The van der Waals surface area contributed by atoms with Crippen molar-refractivity contribution in [3.05, 3.63) is 53.5 Å². The van der Waals surface area contributed by atoms with E-state index in [1.807, 2.05) is 37.3 Å². The molecule has 0 fully saturated rings. The summed E-state index contributed by atoms with van der Waals surface area (Å²) in [4.78, 5) is 0. The van der Waals surface area contributed by atoms with Crippen LogP contribution >= 0.6 is 0 Å². The van der Waals surface area contributed by atoms with E-state index in [0.29, 0.717) is 6.42 Å². The van der Waals surface area contributed by atoms with E-state index in [9.17, 15) is 5.11 Å². The highest BCUT2D eigenvalue weighted by atomic mass is 16.5. The van der Waals surface area contributed by atoms with Crippen LogP contribution in [0.15, 0.2) is 41.0 Å². The van der Waals surface area contributed by atoms with Gasteiger partial charge in [-0.25, -0.2) is 0 Å². The lowest BCUT2D eigenvalue weighted by molar-refractivity contribution is 0.177. The molecule has 1 atom stereocenters. The van der Waals surface area contributed by atoms with Crippen LogP contribution in [0.25, 0.3) is 0 Å². The molecule has 1 N–H and O–H groups in total. The zero-order chi connectivity index (χ0) is 12.3. The summed E-state index contributed by atoms with van der Waals surface area (Å²) in [5.74, 6) is 1.61. The van der Waals surface area contributed by atoms with Crippen LogP contribution in [0.5, 0.6) is 5.75 Å². The molecule has 1 aromatic heterocycles. The van der Waals surface area contributed by atoms with E-state index in [4.69, 9.17) is 9.15 Å². The van der Waals surface area contributed by atoms with E-state index < -0.39 is 6.10 Å². The molecule has 0 bridgehead atoms. The molecule has 3 nitrogen and oxygen atoms in total. The summed E-state index contributed by atoms with van der Waals surface area (Å²) in [5, 5.41) is 10.1. The summed E-state index contributed by atoms with van der Waals surface area (Å²) in [7, 11) is 1.63. The second-order valence-corrected chi connectivity index (χ2v) is 4.06. The number of hydrogen-bond donors (Lipinski definition) is 1. The van der Waals surface area contributed by atoms with Gasteiger partial charge in [-0.15, -0.1) is 0 Å². The van der Waals surface area contributed by atoms with Crippen molar-refractivity contribution in [3.8, 4) is 5.75 Å². The molecule has 1 aromatic carbocycles. The highest BCUT2D eigenvalue weighted by Crippen LogP contribution is 2.22. The average Bonchev–Trinajstić information content (AvgIpc) is 2.76. The van der Waals surface area contributed by atoms with E-state index >= 15 is 0 Å². The van der Waals surface area contributed by atoms with Crippen molar-refractivity contribution in [2.75, 3.05) is 7.11 Å². The lowest BCUT2D eigenvalue weighted by Crippen LogP contribution is -2.00. The van der Waals surface area contributed by atoms with Crippen LogP contribution < -0.4 is 4.74 Å². The molecule has 17 heavy (non-hydrogen) atoms. The fourth-order valence-corrected chi connectivity index (χ4v) is 1.78. The maximum atomic E-state index is 10.1. The van der Waals surface area contributed by atoms with Crippen LogP contribution in [0.1, 0.15) is 23.0 Å². The molecule has 0 radical (unpaired) electrons. The van der Waals surface area contributed by atoms with Gasteiger partial charge in [0.2, 0.25) is 0 Å². The molecule has 0 spiro atoms. The second kappa shape index (κ2) is 5.06. The van der Waals surface area contributed by atoms with Gasteiger partial charge in [-0.1, -0.05) is 12.1 Å². The largest absolute Gasteiger partial charge is 0.497 e. The van der Waals surface area contributed by atoms with E-state index in [1.54, 1.807) is 13.4 Å². The first-order valence-electron chi connectivity index (χ1n) is 5.55. The molecule has 0 aliphatic heterocycles. The third kappa shape index (κ3) is 2.88. The molecule has 0 saturated carbocycles. The number of rotatable bonds is 4. The second-order valence-electron chi connectivity index (χ2n) is 4.06. The van der Waals surface area contributed by atoms with Crippen molar-refractivity contribution in [1.82, 2.24) is 0 Å². The summed E-state index contributed by atoms with van der Waals surface area (Å²) in [5.41, 5.74) is 1.85. The Kier molecular flexibility index (Phi) is 3.49. The van der Waals surface area contributed by atoms with E-state index in [-0.39, 0.29) is 0 Å². The molecule has 2 rings (SSSR count). The smallest absolute Gasteiger partial charge is 0.119 e. The van der Waals surface area contributed by atoms with Crippen molar-refractivity contribution < 1.29 is 14.3 Å². The quantitative estimate of drug-likeness (QED) is 0.881. The molecule has 1 heterocycles. The maximum Gasteiger partial charge on any atom is 0.119 e. The minimum Gasteiger partial charge on any atom is -0.497 e. The molecular formula is C14H16O3. The van der Waals surface area contributed by atoms with Gasteiger partial charge in [0.15, 0.2) is 0 Å². The fraction of sp³-hybridized carbons (Fsp3) is 0.286. The lowest BCUT2D eigenvalue weighted by atomic mass is 10.0. The standard InChI is InChI=1S/C14H16O3/c1-10-6-12(9-17-10)14(15)8-11-4-3-5-13(7-11)16-2/h3-7,9,14-15H,8H2,1-2H3. The maximum absolute atomic E-state index is 10.1. The van der Waals surface area contributed by atoms with Crippen LogP contribution in [0.2, 0.25) is 0 Å². The van der Waals surface area contributed by atoms with Crippen molar-refractivity contribution in [2.45, 2.75) is 19.4 Å². The molecule has 0 amide bonds. The monoisotopic (exact) mass is 232 g/mol. The lowest BCUT2D eigenvalue weighted by Gasteiger charge is -2.09. The van der Waals surface area contributed by atoms with Gasteiger partial charge in [0.25, 0.3) is 0 Å². The number of furan rings is 1. The number of methoxy groups -OCH3 is 1. The number of aliphatic hydroxyl groups is 1. The zero-order valence-corrected chi connectivity index (χ0v) is 10.0. The SMILES string of the molecule is COc1cccc(CC(O)c2coc(C)c2)c1. The number of benzene rings is 1. The summed E-state index contributed by atoms with van der Waals surface area (Å²) in [6.45, 7) is 1.86. The van der Waals surface area contributed by atoms with Crippen LogP contribution in [0.4, 0.5) is 0 Å². The molecular weight excluding hydrogens is 216 g/mol. The molecule has 1 unspecified atom stereocenters. The summed E-state index contributed by atoms with van der Waals surface area (Å²) < 4.78 is 10.3. The first-order chi connectivity index (χ1) is 8.19. The van der Waals surface area contributed by atoms with Crippen LogP contribution in [0, 0.1) is 6.92 Å². The van der Waals surface area contributed by atoms with Gasteiger partial charge in [-0.3, -0.25) is 0 Å². The van der Waals surface area contributed by atoms with Gasteiger partial charge in [-0.05, 0) is 30.7 Å². The summed E-state index contributed by atoms with van der Waals surface area (Å²) >= 11 is 0. The predicted octanol–water partition coefficient (Wildman–Crippen LogP) is 2.87. The minimum atomic E-state index is -0.542. The molecule has 0 aliphatic rings. The van der Waals surface area contributed by atoms with Crippen LogP contribution in [-0.2, 0) is 6.42 Å². The highest BCUT2D eigenvalue weighted by molar-refractivity contribution is 5.29. The third-order valence-electron chi connectivity index (χ3n) is 2.70. The Hall–Kier alpha value is -1.74. The number of aliphatic hydroxyl groups excluding tert-OH is 1. The van der Waals surface area contributed by atoms with E-state index in [0.717, 1.165) is 22.6 Å². The Morgan fingerprint density at radius 1 is 1.35 bits per heavy atom. The van der Waals surface area contributed by atoms with Crippen molar-refractivity contribution in [2.24, 2.45) is 0 Å². The summed E-state index contributed by atoms with van der Waals surface area (Å²) in [6.07, 6.45) is 1.61. The molecule has 0 saturated heterocycles. The van der Waals surface area contributed by atoms with Crippen LogP contribution in [-0.4, -0.2) is 12.2 Å². The van der Waals surface area contributed by atoms with E-state index in [2.05, 4.69) is 0 Å². The van der Waals surface area contributed by atoms with Crippen LogP contribution in [0.3, 0.4) is 0 Å². The Bertz CT molecular complexity index is 488. The summed E-state index contributed by atoms with van der Waals surface area (Å²) in [6, 6.07) is 9.55. The Balaban J connectivity index is 2.09. The number of hydrogen-bond acceptors (Lipinski definition) is 3. The third-order valence-corrected chi connectivity index (χ3v) is 2.70. The van der Waals surface area contributed by atoms with Gasteiger partial charge in [-0.2, -0.15) is 0 Å². The number of aryl methyl sites for hydroxylation is 1. The Morgan fingerprint density at radius 2 is 2.18 bits per heavy atom. The Morgan fingerprint density at radius 3 is 2.82 bits per heavy atom. The highest BCUT2D eigenvalue weighted by Gasteiger charge is 2.11. The van der Waals surface area contributed by atoms with Gasteiger partial charge in [0.05, 0.1) is 19.5 Å². The van der Waals surface area contributed by atoms with Gasteiger partial charge >= 0.3 is 0 Å². The first-order valence-corrected chi connectivity index (χ1v) is 5.55. The van der Waals surface area contributed by atoms with Crippen molar-refractivity contribution in [1.29, 1.82) is 0 Å². The zero-order valence-electron chi connectivity index (χ0n) is 10.0. The topological polar surface area (TPSA) is 42.6 Å². The minimum absolute atomic E-state index is 0.542. The van der Waals surface area contributed by atoms with Gasteiger partial charge in [0, 0.05) is 12.0 Å². The van der Waals surface area contributed by atoms with E-state index in [1.165, 1.54) is 0 Å². The molecule has 2 aromatic rings. The van der Waals surface area contributed by atoms with Crippen molar-refractivity contribution >= 4 is 0 Å². The molecule has 3 heteroatoms. The first kappa shape index (κ1) is 11.7. The molecule has 90 valence electrons. The molecule has 0 aliphatic carbocycles. The Labute approximate surface area is 101 Å². The number of ether oxygens (including phenoxy) is 1. The van der Waals surface area contributed by atoms with Gasteiger partial charge < -0.3 is 14.3 Å². The fourth-order valence-electron chi connectivity index (χ4n) is 1.78. The normalized spacial score (nSPS) is 12.4. The van der Waals surface area contributed by atoms with Crippen molar-refractivity contribution in [3.63, 3.8) is 0 Å². The predicted molar refractivity (Wildman–Crippen MR) is 65.1 cm³/mol. The van der Waals surface area contributed by atoms with Gasteiger partial charge in [0.1, 0.15) is 11.5 Å².